The van der Waals surface area contributed by atoms with Gasteiger partial charge in [-0.25, -0.2) is 0 Å². The highest BCUT2D eigenvalue weighted by molar-refractivity contribution is 7.80. The number of thiol groups is 1. The van der Waals surface area contributed by atoms with E-state index in [9.17, 15) is 9.59 Å². The van der Waals surface area contributed by atoms with E-state index in [0.717, 1.165) is 12.8 Å². The molecule has 1 aliphatic rings. The van der Waals surface area contributed by atoms with Crippen LogP contribution in [0.2, 0.25) is 0 Å². The van der Waals surface area contributed by atoms with Crippen molar-refractivity contribution in [1.82, 2.24) is 10.2 Å². The van der Waals surface area contributed by atoms with Gasteiger partial charge in [0, 0.05) is 31.1 Å². The van der Waals surface area contributed by atoms with Crippen LogP contribution in [0.15, 0.2) is 29.2 Å². The number of ether oxygens (including phenoxy) is 2. The Bertz CT molecular complexity index is 559. The zero-order valence-electron chi connectivity index (χ0n) is 13.9. The summed E-state index contributed by atoms with van der Waals surface area (Å²) < 4.78 is 10.1. The quantitative estimate of drug-likeness (QED) is 0.574. The number of nitrogens with zero attached hydrogens (tertiary/aromatic N) is 1. The molecule has 0 bridgehead atoms. The van der Waals surface area contributed by atoms with Gasteiger partial charge in [0.05, 0.1) is 18.8 Å². The van der Waals surface area contributed by atoms with E-state index in [-0.39, 0.29) is 24.5 Å². The van der Waals surface area contributed by atoms with E-state index in [1.165, 1.54) is 0 Å². The molecular weight excluding hydrogens is 328 g/mol. The standard InChI is InChI=1S/C17H24N2O4S/c1-22-10-11-23-12-16(20)19-8-6-13(7-9-19)18-17(21)14-4-2-3-5-15(14)24/h2-5,13,24H,6-12H2,1H3,(H,18,21). The number of amides is 2. The molecule has 0 spiro atoms. The highest BCUT2D eigenvalue weighted by Crippen LogP contribution is 2.15. The molecule has 0 radical (unpaired) electrons. The van der Waals surface area contributed by atoms with Gasteiger partial charge in [0.1, 0.15) is 6.61 Å². The van der Waals surface area contributed by atoms with Crippen molar-refractivity contribution >= 4 is 24.4 Å². The van der Waals surface area contributed by atoms with Crippen molar-refractivity contribution in [2.75, 3.05) is 40.0 Å². The topological polar surface area (TPSA) is 67.9 Å². The third kappa shape index (κ3) is 5.51. The SMILES string of the molecule is COCCOCC(=O)N1CCC(NC(=O)c2ccccc2S)CC1. The lowest BCUT2D eigenvalue weighted by Crippen LogP contribution is -2.47. The Morgan fingerprint density at radius 2 is 1.96 bits per heavy atom. The molecule has 0 atom stereocenters. The number of rotatable bonds is 7. The van der Waals surface area contributed by atoms with Crippen LogP contribution in [0.1, 0.15) is 23.2 Å². The van der Waals surface area contributed by atoms with Crippen LogP contribution in [0.3, 0.4) is 0 Å². The van der Waals surface area contributed by atoms with Gasteiger partial charge in [-0.15, -0.1) is 12.6 Å². The Labute approximate surface area is 147 Å². The van der Waals surface area contributed by atoms with Crippen LogP contribution in [0.25, 0.3) is 0 Å². The first-order valence-corrected chi connectivity index (χ1v) is 8.50. The maximum Gasteiger partial charge on any atom is 0.252 e. The fourth-order valence-electron chi connectivity index (χ4n) is 2.60. The van der Waals surface area contributed by atoms with Gasteiger partial charge in [0.15, 0.2) is 0 Å². The van der Waals surface area contributed by atoms with Gasteiger partial charge < -0.3 is 19.7 Å². The Balaban J connectivity index is 1.73. The second kappa shape index (κ2) is 9.66. The molecule has 1 heterocycles. The largest absolute Gasteiger partial charge is 0.382 e. The Morgan fingerprint density at radius 1 is 1.25 bits per heavy atom. The summed E-state index contributed by atoms with van der Waals surface area (Å²) >= 11 is 4.31. The van der Waals surface area contributed by atoms with Gasteiger partial charge in [-0.3, -0.25) is 9.59 Å². The summed E-state index contributed by atoms with van der Waals surface area (Å²) in [4.78, 5) is 26.7. The fourth-order valence-corrected chi connectivity index (χ4v) is 2.86. The minimum absolute atomic E-state index is 0.0171. The molecular formula is C17H24N2O4S. The van der Waals surface area contributed by atoms with Crippen molar-refractivity contribution in [3.05, 3.63) is 29.8 Å². The lowest BCUT2D eigenvalue weighted by molar-refractivity contribution is -0.137. The smallest absolute Gasteiger partial charge is 0.252 e. The maximum atomic E-state index is 12.3. The normalized spacial score (nSPS) is 15.3. The number of methoxy groups -OCH3 is 1. The van der Waals surface area contributed by atoms with Crippen molar-refractivity contribution in [1.29, 1.82) is 0 Å². The first-order valence-electron chi connectivity index (χ1n) is 8.05. The first-order chi connectivity index (χ1) is 11.6. The number of likely N-dealkylation sites (tertiary alicyclic amines) is 1. The minimum atomic E-state index is -0.117. The predicted molar refractivity (Wildman–Crippen MR) is 93.5 cm³/mol. The molecule has 1 aromatic rings. The number of hydrogen-bond donors (Lipinski definition) is 2. The Hall–Kier alpha value is -1.57. The van der Waals surface area contributed by atoms with Gasteiger partial charge in [-0.2, -0.15) is 0 Å². The molecule has 1 saturated heterocycles. The molecule has 0 saturated carbocycles. The van der Waals surface area contributed by atoms with Crippen LogP contribution in [-0.2, 0) is 14.3 Å². The van der Waals surface area contributed by atoms with Gasteiger partial charge in [0.2, 0.25) is 5.91 Å². The van der Waals surface area contributed by atoms with Crippen LogP contribution in [0.4, 0.5) is 0 Å². The lowest BCUT2D eigenvalue weighted by Gasteiger charge is -2.32. The van der Waals surface area contributed by atoms with E-state index in [1.807, 2.05) is 12.1 Å². The zero-order valence-corrected chi connectivity index (χ0v) is 14.8. The van der Waals surface area contributed by atoms with Crippen LogP contribution < -0.4 is 5.32 Å². The molecule has 2 rings (SSSR count). The van der Waals surface area contributed by atoms with Gasteiger partial charge >= 0.3 is 0 Å². The van der Waals surface area contributed by atoms with Crippen molar-refractivity contribution in [2.45, 2.75) is 23.8 Å². The summed E-state index contributed by atoms with van der Waals surface area (Å²) in [5.74, 6) is -0.134. The van der Waals surface area contributed by atoms with E-state index in [2.05, 4.69) is 17.9 Å². The number of nitrogens with one attached hydrogen (secondary N) is 1. The molecule has 1 N–H and O–H groups in total. The predicted octanol–water partition coefficient (Wildman–Crippen LogP) is 1.36. The number of piperidine rings is 1. The van der Waals surface area contributed by atoms with E-state index in [1.54, 1.807) is 24.1 Å². The monoisotopic (exact) mass is 352 g/mol. The summed E-state index contributed by atoms with van der Waals surface area (Å²) in [6, 6.07) is 7.29. The summed E-state index contributed by atoms with van der Waals surface area (Å²) in [5, 5.41) is 3.02. The van der Waals surface area contributed by atoms with Gasteiger partial charge in [-0.05, 0) is 25.0 Å². The second-order valence-corrected chi connectivity index (χ2v) is 6.17. The second-order valence-electron chi connectivity index (χ2n) is 5.69. The number of hydrogen-bond acceptors (Lipinski definition) is 5. The first kappa shape index (κ1) is 18.8. The molecule has 2 amide bonds. The minimum Gasteiger partial charge on any atom is -0.382 e. The van der Waals surface area contributed by atoms with Crippen LogP contribution in [0, 0.1) is 0 Å². The fraction of sp³-hybridized carbons (Fsp3) is 0.529. The van der Waals surface area contributed by atoms with Crippen molar-refractivity contribution in [3.8, 4) is 0 Å². The van der Waals surface area contributed by atoms with E-state index < -0.39 is 0 Å². The molecule has 0 unspecified atom stereocenters. The molecule has 6 nitrogen and oxygen atoms in total. The molecule has 24 heavy (non-hydrogen) atoms. The highest BCUT2D eigenvalue weighted by atomic mass is 32.1. The molecule has 0 aromatic heterocycles. The number of carbonyl (C=O) groups is 2. The van der Waals surface area contributed by atoms with E-state index >= 15 is 0 Å². The summed E-state index contributed by atoms with van der Waals surface area (Å²) in [6.45, 7) is 2.22. The summed E-state index contributed by atoms with van der Waals surface area (Å²) in [7, 11) is 1.59. The van der Waals surface area contributed by atoms with Gasteiger partial charge in [0.25, 0.3) is 5.91 Å². The molecule has 7 heteroatoms. The third-order valence-corrected chi connectivity index (χ3v) is 4.38. The lowest BCUT2D eigenvalue weighted by atomic mass is 10.0. The third-order valence-electron chi connectivity index (χ3n) is 3.99. The maximum absolute atomic E-state index is 12.3. The summed E-state index contributed by atoms with van der Waals surface area (Å²) in [6.07, 6.45) is 1.48. The van der Waals surface area contributed by atoms with Crippen molar-refractivity contribution in [3.63, 3.8) is 0 Å². The van der Waals surface area contributed by atoms with Gasteiger partial charge in [-0.1, -0.05) is 12.1 Å². The Morgan fingerprint density at radius 3 is 2.62 bits per heavy atom. The number of carbonyl (C=O) groups excluding carboxylic acids is 2. The average Bonchev–Trinajstić information content (AvgIpc) is 2.59. The van der Waals surface area contributed by atoms with E-state index in [0.29, 0.717) is 36.8 Å². The molecule has 1 fully saturated rings. The van der Waals surface area contributed by atoms with Crippen LogP contribution in [-0.4, -0.2) is 62.8 Å². The zero-order chi connectivity index (χ0) is 17.4. The average molecular weight is 352 g/mol. The molecule has 0 aliphatic carbocycles. The van der Waals surface area contributed by atoms with Crippen LogP contribution in [0.5, 0.6) is 0 Å². The highest BCUT2D eigenvalue weighted by Gasteiger charge is 2.24. The van der Waals surface area contributed by atoms with Crippen LogP contribution >= 0.6 is 12.6 Å². The van der Waals surface area contributed by atoms with E-state index in [4.69, 9.17) is 9.47 Å². The Kier molecular flexibility index (Phi) is 7.55. The summed E-state index contributed by atoms with van der Waals surface area (Å²) in [5.41, 5.74) is 0.575. The van der Waals surface area contributed by atoms with Crippen molar-refractivity contribution < 1.29 is 19.1 Å². The molecule has 1 aliphatic heterocycles. The molecule has 132 valence electrons. The molecule has 1 aromatic carbocycles. The number of benzene rings is 1. The van der Waals surface area contributed by atoms with Crippen molar-refractivity contribution in [2.24, 2.45) is 0 Å².